The van der Waals surface area contributed by atoms with E-state index in [1.165, 1.54) is 0 Å². The monoisotopic (exact) mass is 222 g/mol. The van der Waals surface area contributed by atoms with Crippen molar-refractivity contribution in [2.75, 3.05) is 6.54 Å². The molecule has 0 saturated carbocycles. The number of aryl methyl sites for hydroxylation is 3. The van der Waals surface area contributed by atoms with Gasteiger partial charge in [-0.25, -0.2) is 4.98 Å². The minimum absolute atomic E-state index is 0.380. The zero-order chi connectivity index (χ0) is 11.5. The highest BCUT2D eigenvalue weighted by Crippen LogP contribution is 2.22. The van der Waals surface area contributed by atoms with E-state index in [1.807, 2.05) is 6.92 Å². The van der Waals surface area contributed by atoms with Crippen LogP contribution in [0.3, 0.4) is 0 Å². The normalized spacial score (nSPS) is 10.9. The summed E-state index contributed by atoms with van der Waals surface area (Å²) in [7, 11) is 0. The third-order valence-corrected chi connectivity index (χ3v) is 2.17. The van der Waals surface area contributed by atoms with Crippen molar-refractivity contribution in [2.24, 2.45) is 5.73 Å². The van der Waals surface area contributed by atoms with Gasteiger partial charge in [0.05, 0.1) is 5.69 Å². The fourth-order valence-corrected chi connectivity index (χ4v) is 1.44. The van der Waals surface area contributed by atoms with Crippen LogP contribution in [0.15, 0.2) is 8.94 Å². The number of rotatable bonds is 4. The summed E-state index contributed by atoms with van der Waals surface area (Å²) in [6.45, 7) is 4.24. The molecule has 0 aliphatic rings. The second-order valence-corrected chi connectivity index (χ2v) is 3.56. The maximum atomic E-state index is 5.41. The van der Waals surface area contributed by atoms with Crippen molar-refractivity contribution in [1.29, 1.82) is 0 Å². The lowest BCUT2D eigenvalue weighted by molar-refractivity contribution is 0.405. The summed E-state index contributed by atoms with van der Waals surface area (Å²) in [5, 5.41) is 3.85. The first-order valence-corrected chi connectivity index (χ1v) is 5.17. The van der Waals surface area contributed by atoms with Crippen LogP contribution in [-0.2, 0) is 6.42 Å². The maximum absolute atomic E-state index is 5.41. The predicted molar refractivity (Wildman–Crippen MR) is 56.6 cm³/mol. The SMILES string of the molecule is Cc1nc(C)c(-c2nc(CCCN)no2)o1. The van der Waals surface area contributed by atoms with Gasteiger partial charge in [0, 0.05) is 13.3 Å². The Kier molecular flexibility index (Phi) is 3.00. The Labute approximate surface area is 92.9 Å². The lowest BCUT2D eigenvalue weighted by Gasteiger charge is -1.88. The average molecular weight is 222 g/mol. The van der Waals surface area contributed by atoms with Crippen LogP contribution in [0.4, 0.5) is 0 Å². The molecular weight excluding hydrogens is 208 g/mol. The van der Waals surface area contributed by atoms with Gasteiger partial charge in [-0.3, -0.25) is 0 Å². The lowest BCUT2D eigenvalue weighted by Crippen LogP contribution is -2.01. The van der Waals surface area contributed by atoms with E-state index in [-0.39, 0.29) is 0 Å². The van der Waals surface area contributed by atoms with Gasteiger partial charge < -0.3 is 14.7 Å². The number of nitrogens with two attached hydrogens (primary N) is 1. The molecule has 16 heavy (non-hydrogen) atoms. The van der Waals surface area contributed by atoms with Gasteiger partial charge in [-0.1, -0.05) is 5.16 Å². The molecule has 86 valence electrons. The molecular formula is C10H14N4O2. The number of hydrogen-bond acceptors (Lipinski definition) is 6. The third-order valence-electron chi connectivity index (χ3n) is 2.17. The van der Waals surface area contributed by atoms with Gasteiger partial charge in [0.2, 0.25) is 5.76 Å². The quantitative estimate of drug-likeness (QED) is 0.836. The van der Waals surface area contributed by atoms with E-state index < -0.39 is 0 Å². The molecule has 2 rings (SSSR count). The van der Waals surface area contributed by atoms with E-state index in [2.05, 4.69) is 15.1 Å². The molecule has 0 aliphatic carbocycles. The molecule has 0 bridgehead atoms. The van der Waals surface area contributed by atoms with Crippen molar-refractivity contribution in [2.45, 2.75) is 26.7 Å². The van der Waals surface area contributed by atoms with Crippen LogP contribution in [0, 0.1) is 13.8 Å². The Morgan fingerprint density at radius 2 is 2.06 bits per heavy atom. The first kappa shape index (κ1) is 10.8. The van der Waals surface area contributed by atoms with Crippen LogP contribution in [0.25, 0.3) is 11.7 Å². The molecule has 2 aromatic rings. The van der Waals surface area contributed by atoms with Gasteiger partial charge in [-0.2, -0.15) is 4.98 Å². The molecule has 0 atom stereocenters. The highest BCUT2D eigenvalue weighted by Gasteiger charge is 2.16. The van der Waals surface area contributed by atoms with Gasteiger partial charge in [0.1, 0.15) is 0 Å². The van der Waals surface area contributed by atoms with Crippen LogP contribution < -0.4 is 5.73 Å². The van der Waals surface area contributed by atoms with Crippen molar-refractivity contribution in [1.82, 2.24) is 15.1 Å². The summed E-state index contributed by atoms with van der Waals surface area (Å²) in [5.74, 6) is 2.16. The van der Waals surface area contributed by atoms with Crippen LogP contribution in [-0.4, -0.2) is 21.7 Å². The molecule has 2 heterocycles. The van der Waals surface area contributed by atoms with Gasteiger partial charge in [-0.15, -0.1) is 0 Å². The zero-order valence-corrected chi connectivity index (χ0v) is 9.36. The zero-order valence-electron chi connectivity index (χ0n) is 9.36. The topological polar surface area (TPSA) is 91.0 Å². The number of aromatic nitrogens is 3. The standard InChI is InChI=1S/C10H14N4O2/c1-6-9(15-7(2)12-6)10-13-8(14-16-10)4-3-5-11/h3-5,11H2,1-2H3. The van der Waals surface area contributed by atoms with Crippen LogP contribution >= 0.6 is 0 Å². The Morgan fingerprint density at radius 3 is 2.69 bits per heavy atom. The van der Waals surface area contributed by atoms with Crippen molar-refractivity contribution in [3.8, 4) is 11.7 Å². The molecule has 0 aromatic carbocycles. The molecule has 0 unspecified atom stereocenters. The third kappa shape index (κ3) is 2.11. The van der Waals surface area contributed by atoms with Crippen molar-refractivity contribution < 1.29 is 8.94 Å². The minimum atomic E-state index is 0.380. The highest BCUT2D eigenvalue weighted by atomic mass is 16.5. The summed E-state index contributed by atoms with van der Waals surface area (Å²) in [6.07, 6.45) is 1.56. The van der Waals surface area contributed by atoms with Crippen molar-refractivity contribution in [3.63, 3.8) is 0 Å². The van der Waals surface area contributed by atoms with E-state index in [4.69, 9.17) is 14.7 Å². The molecule has 0 aliphatic heterocycles. The fourth-order valence-electron chi connectivity index (χ4n) is 1.44. The van der Waals surface area contributed by atoms with E-state index in [0.717, 1.165) is 12.1 Å². The molecule has 0 spiro atoms. The average Bonchev–Trinajstić information content (AvgIpc) is 2.82. The largest absolute Gasteiger partial charge is 0.436 e. The number of hydrogen-bond donors (Lipinski definition) is 1. The second-order valence-electron chi connectivity index (χ2n) is 3.56. The van der Waals surface area contributed by atoms with Crippen molar-refractivity contribution in [3.05, 3.63) is 17.4 Å². The first-order valence-electron chi connectivity index (χ1n) is 5.17. The van der Waals surface area contributed by atoms with Crippen LogP contribution in [0.2, 0.25) is 0 Å². The smallest absolute Gasteiger partial charge is 0.295 e. The first-order chi connectivity index (χ1) is 7.70. The highest BCUT2D eigenvalue weighted by molar-refractivity contribution is 5.47. The predicted octanol–water partition coefficient (Wildman–Crippen LogP) is 1.23. The van der Waals surface area contributed by atoms with Crippen LogP contribution in [0.5, 0.6) is 0 Å². The van der Waals surface area contributed by atoms with Gasteiger partial charge >= 0.3 is 0 Å². The Bertz CT molecular complexity index is 475. The van der Waals surface area contributed by atoms with Crippen molar-refractivity contribution >= 4 is 0 Å². The molecule has 0 saturated heterocycles. The Hall–Kier alpha value is -1.69. The number of oxazole rings is 1. The summed E-state index contributed by atoms with van der Waals surface area (Å²) in [6, 6.07) is 0. The molecule has 6 nitrogen and oxygen atoms in total. The molecule has 0 radical (unpaired) electrons. The molecule has 2 aromatic heterocycles. The number of nitrogens with zero attached hydrogens (tertiary/aromatic N) is 3. The molecule has 2 N–H and O–H groups in total. The molecule has 0 amide bonds. The Balaban J connectivity index is 2.21. The summed E-state index contributed by atoms with van der Waals surface area (Å²) in [5.41, 5.74) is 6.16. The summed E-state index contributed by atoms with van der Waals surface area (Å²) >= 11 is 0. The minimum Gasteiger partial charge on any atom is -0.436 e. The molecule has 0 fully saturated rings. The molecule has 6 heteroatoms. The lowest BCUT2D eigenvalue weighted by atomic mass is 10.3. The van der Waals surface area contributed by atoms with E-state index in [1.54, 1.807) is 6.92 Å². The van der Waals surface area contributed by atoms with Gasteiger partial charge in [0.25, 0.3) is 5.89 Å². The van der Waals surface area contributed by atoms with Crippen LogP contribution in [0.1, 0.15) is 23.8 Å². The van der Waals surface area contributed by atoms with E-state index >= 15 is 0 Å². The van der Waals surface area contributed by atoms with Gasteiger partial charge in [0.15, 0.2) is 11.7 Å². The fraction of sp³-hybridized carbons (Fsp3) is 0.500. The van der Waals surface area contributed by atoms with E-state index in [0.29, 0.717) is 36.3 Å². The summed E-state index contributed by atoms with van der Waals surface area (Å²) in [4.78, 5) is 8.37. The van der Waals surface area contributed by atoms with Gasteiger partial charge in [-0.05, 0) is 19.9 Å². The second kappa shape index (κ2) is 4.44. The maximum Gasteiger partial charge on any atom is 0.295 e. The Morgan fingerprint density at radius 1 is 1.25 bits per heavy atom. The summed E-state index contributed by atoms with van der Waals surface area (Å²) < 4.78 is 10.5. The van der Waals surface area contributed by atoms with E-state index in [9.17, 15) is 0 Å².